The Hall–Kier alpha value is -2.34. The highest BCUT2D eigenvalue weighted by atomic mass is 32.2. The molecule has 0 bridgehead atoms. The Balaban J connectivity index is 1.89. The van der Waals surface area contributed by atoms with Crippen LogP contribution in [0.25, 0.3) is 0 Å². The van der Waals surface area contributed by atoms with Crippen LogP contribution in [-0.2, 0) is 16.4 Å². The molecule has 0 N–H and O–H groups in total. The Bertz CT molecular complexity index is 935. The van der Waals surface area contributed by atoms with Gasteiger partial charge in [-0.1, -0.05) is 44.2 Å². The number of benzene rings is 2. The Kier molecular flexibility index (Phi) is 6.08. The van der Waals surface area contributed by atoms with Crippen molar-refractivity contribution in [3.63, 3.8) is 0 Å². The van der Waals surface area contributed by atoms with E-state index in [1.807, 2.05) is 12.1 Å². The highest BCUT2D eigenvalue weighted by molar-refractivity contribution is 7.91. The van der Waals surface area contributed by atoms with Crippen molar-refractivity contribution in [1.29, 1.82) is 0 Å². The van der Waals surface area contributed by atoms with Gasteiger partial charge in [0.15, 0.2) is 9.84 Å². The van der Waals surface area contributed by atoms with Crippen LogP contribution < -0.4 is 4.74 Å². The summed E-state index contributed by atoms with van der Waals surface area (Å²) in [6.07, 6.45) is 0.474. The second-order valence-electron chi connectivity index (χ2n) is 7.62. The van der Waals surface area contributed by atoms with Crippen molar-refractivity contribution >= 4 is 15.7 Å². The molecular formula is C22H27NO4S. The van der Waals surface area contributed by atoms with Gasteiger partial charge in [-0.2, -0.15) is 0 Å². The molecule has 0 spiro atoms. The fourth-order valence-corrected chi connectivity index (χ4v) is 5.25. The minimum atomic E-state index is -3.10. The summed E-state index contributed by atoms with van der Waals surface area (Å²) in [5.41, 5.74) is 2.73. The minimum Gasteiger partial charge on any atom is -0.497 e. The zero-order valence-corrected chi connectivity index (χ0v) is 17.4. The number of carbonyl (C=O) groups is 1. The van der Waals surface area contributed by atoms with Crippen molar-refractivity contribution in [3.05, 3.63) is 65.2 Å². The fraction of sp³-hybridized carbons (Fsp3) is 0.409. The number of carbonyl (C=O) groups excluding carboxylic acids is 1. The van der Waals surface area contributed by atoms with Gasteiger partial charge >= 0.3 is 0 Å². The monoisotopic (exact) mass is 401 g/mol. The molecule has 1 aliphatic heterocycles. The molecule has 28 heavy (non-hydrogen) atoms. The third-order valence-corrected chi connectivity index (χ3v) is 6.98. The lowest BCUT2D eigenvalue weighted by Crippen LogP contribution is -2.40. The first-order valence-corrected chi connectivity index (χ1v) is 11.4. The first-order valence-electron chi connectivity index (χ1n) is 9.53. The highest BCUT2D eigenvalue weighted by Gasteiger charge is 2.35. The predicted molar refractivity (Wildman–Crippen MR) is 110 cm³/mol. The minimum absolute atomic E-state index is 0.0206. The van der Waals surface area contributed by atoms with E-state index in [0.29, 0.717) is 30.2 Å². The first kappa shape index (κ1) is 20.4. The Morgan fingerprint density at radius 3 is 2.46 bits per heavy atom. The summed E-state index contributed by atoms with van der Waals surface area (Å²) in [4.78, 5) is 15.0. The van der Waals surface area contributed by atoms with Gasteiger partial charge in [0.05, 0.1) is 18.6 Å². The molecule has 1 saturated heterocycles. The number of hydrogen-bond acceptors (Lipinski definition) is 4. The Morgan fingerprint density at radius 1 is 1.18 bits per heavy atom. The van der Waals surface area contributed by atoms with Crippen LogP contribution in [-0.4, -0.2) is 43.9 Å². The largest absolute Gasteiger partial charge is 0.497 e. The summed E-state index contributed by atoms with van der Waals surface area (Å²) in [5.74, 6) is 1.02. The summed E-state index contributed by atoms with van der Waals surface area (Å²) >= 11 is 0. The molecule has 150 valence electrons. The van der Waals surface area contributed by atoms with E-state index >= 15 is 0 Å². The number of ether oxygens (including phenoxy) is 1. The van der Waals surface area contributed by atoms with Crippen LogP contribution in [0.1, 0.15) is 47.7 Å². The molecule has 1 amide bonds. The summed E-state index contributed by atoms with van der Waals surface area (Å²) < 4.78 is 29.3. The lowest BCUT2D eigenvalue weighted by molar-refractivity contribution is 0.0680. The summed E-state index contributed by atoms with van der Waals surface area (Å²) in [5, 5.41) is 0. The zero-order chi connectivity index (χ0) is 20.3. The van der Waals surface area contributed by atoms with Crippen molar-refractivity contribution in [1.82, 2.24) is 4.90 Å². The molecule has 2 aromatic rings. The molecule has 0 radical (unpaired) electrons. The van der Waals surface area contributed by atoms with Crippen LogP contribution in [0.2, 0.25) is 0 Å². The maximum Gasteiger partial charge on any atom is 0.254 e. The molecule has 1 fully saturated rings. The normalized spacial score (nSPS) is 18.2. The van der Waals surface area contributed by atoms with Gasteiger partial charge in [0.1, 0.15) is 5.75 Å². The lowest BCUT2D eigenvalue weighted by Gasteiger charge is -2.29. The van der Waals surface area contributed by atoms with Crippen LogP contribution in [0.4, 0.5) is 0 Å². The molecule has 0 saturated carbocycles. The molecular weight excluding hydrogens is 374 g/mol. The number of sulfone groups is 1. The summed E-state index contributed by atoms with van der Waals surface area (Å²) in [6.45, 7) is 4.66. The third-order valence-electron chi connectivity index (χ3n) is 5.23. The number of nitrogens with zero attached hydrogens (tertiary/aromatic N) is 1. The van der Waals surface area contributed by atoms with Gasteiger partial charge in [-0.15, -0.1) is 0 Å². The quantitative estimate of drug-likeness (QED) is 0.741. The molecule has 1 heterocycles. The van der Waals surface area contributed by atoms with E-state index in [1.54, 1.807) is 36.3 Å². The summed E-state index contributed by atoms with van der Waals surface area (Å²) in [6, 6.07) is 14.9. The second-order valence-corrected chi connectivity index (χ2v) is 9.85. The Labute approximate surface area is 167 Å². The highest BCUT2D eigenvalue weighted by Crippen LogP contribution is 2.24. The number of amides is 1. The molecule has 3 rings (SSSR count). The van der Waals surface area contributed by atoms with Crippen molar-refractivity contribution in [2.75, 3.05) is 18.6 Å². The predicted octanol–water partition coefficient (Wildman–Crippen LogP) is 3.65. The van der Waals surface area contributed by atoms with E-state index in [0.717, 1.165) is 5.56 Å². The van der Waals surface area contributed by atoms with Crippen molar-refractivity contribution in [2.45, 2.75) is 38.8 Å². The third kappa shape index (κ3) is 4.73. The molecule has 1 aliphatic rings. The Morgan fingerprint density at radius 2 is 1.89 bits per heavy atom. The number of hydrogen-bond donors (Lipinski definition) is 0. The van der Waals surface area contributed by atoms with E-state index in [4.69, 9.17) is 4.74 Å². The van der Waals surface area contributed by atoms with Gasteiger partial charge in [-0.25, -0.2) is 8.42 Å². The summed E-state index contributed by atoms with van der Waals surface area (Å²) in [7, 11) is -1.54. The van der Waals surface area contributed by atoms with Crippen LogP contribution >= 0.6 is 0 Å². The topological polar surface area (TPSA) is 63.7 Å². The smallest absolute Gasteiger partial charge is 0.254 e. The second kappa shape index (κ2) is 8.35. The van der Waals surface area contributed by atoms with Gasteiger partial charge in [0.2, 0.25) is 0 Å². The lowest BCUT2D eigenvalue weighted by atomic mass is 10.0. The average Bonchev–Trinajstić information content (AvgIpc) is 3.05. The molecule has 0 unspecified atom stereocenters. The van der Waals surface area contributed by atoms with Crippen molar-refractivity contribution in [3.8, 4) is 5.75 Å². The SMILES string of the molecule is COc1cccc(C(=O)N(Cc2ccc(C(C)C)cc2)[C@@H]2CCS(=O)(=O)C2)c1. The van der Waals surface area contributed by atoms with Crippen LogP contribution in [0.3, 0.4) is 0 Å². The van der Waals surface area contributed by atoms with E-state index in [2.05, 4.69) is 26.0 Å². The fourth-order valence-electron chi connectivity index (χ4n) is 3.51. The van der Waals surface area contributed by atoms with E-state index < -0.39 is 9.84 Å². The molecule has 1 atom stereocenters. The average molecular weight is 402 g/mol. The van der Waals surface area contributed by atoms with Crippen LogP contribution in [0, 0.1) is 0 Å². The van der Waals surface area contributed by atoms with Crippen LogP contribution in [0.15, 0.2) is 48.5 Å². The maximum absolute atomic E-state index is 13.3. The molecule has 0 aromatic heterocycles. The number of methoxy groups -OCH3 is 1. The van der Waals surface area contributed by atoms with E-state index in [-0.39, 0.29) is 23.5 Å². The molecule has 5 nitrogen and oxygen atoms in total. The van der Waals surface area contributed by atoms with E-state index in [1.165, 1.54) is 5.56 Å². The van der Waals surface area contributed by atoms with Crippen molar-refractivity contribution < 1.29 is 17.9 Å². The molecule has 0 aliphatic carbocycles. The first-order chi connectivity index (χ1) is 13.3. The van der Waals surface area contributed by atoms with Gasteiger partial charge < -0.3 is 9.64 Å². The van der Waals surface area contributed by atoms with Crippen LogP contribution in [0.5, 0.6) is 5.75 Å². The van der Waals surface area contributed by atoms with Gasteiger partial charge in [-0.05, 0) is 41.7 Å². The number of rotatable bonds is 6. The van der Waals surface area contributed by atoms with E-state index in [9.17, 15) is 13.2 Å². The van der Waals surface area contributed by atoms with Gasteiger partial charge in [-0.3, -0.25) is 4.79 Å². The van der Waals surface area contributed by atoms with Crippen molar-refractivity contribution in [2.24, 2.45) is 0 Å². The molecule has 2 aromatic carbocycles. The maximum atomic E-state index is 13.3. The van der Waals surface area contributed by atoms with Gasteiger partial charge in [0, 0.05) is 18.2 Å². The van der Waals surface area contributed by atoms with Gasteiger partial charge in [0.25, 0.3) is 5.91 Å². The standard InChI is InChI=1S/C22H27NO4S/c1-16(2)18-9-7-17(8-10-18)14-23(20-11-12-28(25,26)15-20)22(24)19-5-4-6-21(13-19)27-3/h4-10,13,16,20H,11-12,14-15H2,1-3H3/t20-/m1/s1. The molecule has 6 heteroatoms. The zero-order valence-electron chi connectivity index (χ0n) is 16.6.